The van der Waals surface area contributed by atoms with Crippen molar-refractivity contribution in [2.75, 3.05) is 0 Å². The number of halogens is 1. The van der Waals surface area contributed by atoms with Crippen molar-refractivity contribution in [3.63, 3.8) is 0 Å². The van der Waals surface area contributed by atoms with Crippen LogP contribution in [-0.2, 0) is 0 Å². The molecule has 0 aliphatic rings. The highest BCUT2D eigenvalue weighted by atomic mass is 35.5. The molecular weight excluding hydrogens is 420 g/mol. The average molecular weight is 435 g/mol. The molecule has 0 aliphatic heterocycles. The van der Waals surface area contributed by atoms with Gasteiger partial charge in [0.2, 0.25) is 0 Å². The van der Waals surface area contributed by atoms with Crippen molar-refractivity contribution in [2.45, 2.75) is 0 Å². The molecule has 0 unspecified atom stereocenters. The van der Waals surface area contributed by atoms with Crippen LogP contribution in [0.1, 0.15) is 0 Å². The van der Waals surface area contributed by atoms with Crippen LogP contribution in [0.4, 0.5) is 0 Å². The van der Waals surface area contributed by atoms with E-state index in [1.54, 1.807) is 12.4 Å². The van der Waals surface area contributed by atoms with Gasteiger partial charge in [-0.15, -0.1) is 0 Å². The Labute approximate surface area is 188 Å². The predicted molar refractivity (Wildman–Crippen MR) is 126 cm³/mol. The van der Waals surface area contributed by atoms with Gasteiger partial charge >= 0.3 is 0 Å². The summed E-state index contributed by atoms with van der Waals surface area (Å²) in [6.45, 7) is 0. The van der Waals surface area contributed by atoms with Crippen LogP contribution in [0.15, 0.2) is 95.7 Å². The van der Waals surface area contributed by atoms with Gasteiger partial charge in [0.1, 0.15) is 10.6 Å². The third-order valence-corrected chi connectivity index (χ3v) is 5.57. The molecule has 0 fully saturated rings. The van der Waals surface area contributed by atoms with Crippen LogP contribution in [0.2, 0.25) is 5.02 Å². The molecule has 0 radical (unpaired) electrons. The topological polar surface area (TPSA) is 64.7 Å². The fourth-order valence-electron chi connectivity index (χ4n) is 3.82. The summed E-state index contributed by atoms with van der Waals surface area (Å²) >= 11 is 6.34. The lowest BCUT2D eigenvalue weighted by molar-refractivity contribution is 0.668. The second-order valence-electron chi connectivity index (χ2n) is 7.32. The van der Waals surface area contributed by atoms with Crippen molar-refractivity contribution in [1.82, 2.24) is 19.9 Å². The molecule has 6 rings (SSSR count). The molecule has 3 aromatic carbocycles. The van der Waals surface area contributed by atoms with Gasteiger partial charge in [-0.2, -0.15) is 0 Å². The first-order valence-electron chi connectivity index (χ1n) is 10.1. The smallest absolute Gasteiger partial charge is 0.164 e. The van der Waals surface area contributed by atoms with Crippen molar-refractivity contribution in [1.29, 1.82) is 0 Å². The first kappa shape index (κ1) is 18.7. The number of hydrogen-bond donors (Lipinski definition) is 0. The van der Waals surface area contributed by atoms with Crippen LogP contribution in [0, 0.1) is 0 Å². The summed E-state index contributed by atoms with van der Waals surface area (Å²) in [5.74, 6) is 1.77. The number of aromatic nitrogens is 4. The Balaban J connectivity index is 1.66. The van der Waals surface area contributed by atoms with Crippen molar-refractivity contribution in [3.05, 3.63) is 96.3 Å². The Morgan fingerprint density at radius 1 is 0.625 bits per heavy atom. The van der Waals surface area contributed by atoms with Gasteiger partial charge in [0, 0.05) is 39.9 Å². The van der Waals surface area contributed by atoms with E-state index in [-0.39, 0.29) is 0 Å². The van der Waals surface area contributed by atoms with Crippen molar-refractivity contribution < 1.29 is 4.42 Å². The first-order chi connectivity index (χ1) is 15.8. The molecule has 0 amide bonds. The first-order valence-corrected chi connectivity index (χ1v) is 10.5. The molecule has 3 aromatic heterocycles. The number of furan rings is 1. The zero-order chi connectivity index (χ0) is 21.5. The summed E-state index contributed by atoms with van der Waals surface area (Å²) in [5.41, 5.74) is 3.98. The minimum absolute atomic E-state index is 0.468. The van der Waals surface area contributed by atoms with E-state index >= 15 is 0 Å². The Hall–Kier alpha value is -4.09. The molecule has 0 aliphatic carbocycles. The van der Waals surface area contributed by atoms with Gasteiger partial charge in [0.25, 0.3) is 0 Å². The molecule has 32 heavy (non-hydrogen) atoms. The molecule has 0 N–H and O–H groups in total. The van der Waals surface area contributed by atoms with E-state index in [1.165, 1.54) is 0 Å². The standard InChI is InChI=1S/C26H15ClN4O/c27-20-15-28-14-19-22-18(12-7-13-21(22)32-23(19)20)26-30-24(16-8-3-1-4-9-16)29-25(31-26)17-10-5-2-6-11-17/h1-15H. The molecule has 0 saturated heterocycles. The van der Waals surface area contributed by atoms with E-state index in [0.717, 1.165) is 27.5 Å². The van der Waals surface area contributed by atoms with Crippen LogP contribution in [0.3, 0.4) is 0 Å². The molecule has 0 spiro atoms. The third kappa shape index (κ3) is 3.11. The van der Waals surface area contributed by atoms with Gasteiger partial charge in [-0.1, -0.05) is 84.4 Å². The van der Waals surface area contributed by atoms with Crippen molar-refractivity contribution >= 4 is 33.5 Å². The van der Waals surface area contributed by atoms with Crippen molar-refractivity contribution in [2.24, 2.45) is 0 Å². The Morgan fingerprint density at radius 3 is 1.91 bits per heavy atom. The molecule has 6 aromatic rings. The number of pyridine rings is 1. The summed E-state index contributed by atoms with van der Waals surface area (Å²) < 4.78 is 6.03. The molecule has 152 valence electrons. The van der Waals surface area contributed by atoms with E-state index in [1.807, 2.05) is 78.9 Å². The number of benzene rings is 3. The average Bonchev–Trinajstić information content (AvgIpc) is 3.25. The monoisotopic (exact) mass is 434 g/mol. The molecule has 3 heterocycles. The van der Waals surface area contributed by atoms with Gasteiger partial charge in [0.15, 0.2) is 23.1 Å². The fraction of sp³-hybridized carbons (Fsp3) is 0. The second kappa shape index (κ2) is 7.55. The normalized spacial score (nSPS) is 11.3. The van der Waals surface area contributed by atoms with E-state index in [0.29, 0.717) is 33.7 Å². The van der Waals surface area contributed by atoms with Crippen LogP contribution in [-0.4, -0.2) is 19.9 Å². The highest BCUT2D eigenvalue weighted by Crippen LogP contribution is 2.38. The maximum Gasteiger partial charge on any atom is 0.164 e. The van der Waals surface area contributed by atoms with Crippen LogP contribution in [0.25, 0.3) is 56.1 Å². The quantitative estimate of drug-likeness (QED) is 0.305. The fourth-order valence-corrected chi connectivity index (χ4v) is 4.02. The molecule has 6 heteroatoms. The Bertz CT molecular complexity index is 1520. The SMILES string of the molecule is Clc1cncc2c1oc1cccc(-c3nc(-c4ccccc4)nc(-c4ccccc4)n3)c12. The maximum atomic E-state index is 6.34. The minimum Gasteiger partial charge on any atom is -0.454 e. The molecule has 0 bridgehead atoms. The van der Waals surface area contributed by atoms with Crippen LogP contribution >= 0.6 is 11.6 Å². The zero-order valence-electron chi connectivity index (χ0n) is 16.7. The predicted octanol–water partition coefficient (Wildman–Crippen LogP) is 6.82. The minimum atomic E-state index is 0.468. The van der Waals surface area contributed by atoms with Gasteiger partial charge in [-0.3, -0.25) is 4.98 Å². The Kier molecular flexibility index (Phi) is 4.40. The van der Waals surface area contributed by atoms with E-state index in [9.17, 15) is 0 Å². The highest BCUT2D eigenvalue weighted by Gasteiger charge is 2.18. The molecule has 0 atom stereocenters. The van der Waals surface area contributed by atoms with E-state index in [4.69, 9.17) is 31.0 Å². The lowest BCUT2D eigenvalue weighted by Gasteiger charge is -2.09. The van der Waals surface area contributed by atoms with Crippen LogP contribution in [0.5, 0.6) is 0 Å². The van der Waals surface area contributed by atoms with Gasteiger partial charge in [-0.05, 0) is 6.07 Å². The summed E-state index contributed by atoms with van der Waals surface area (Å²) in [7, 11) is 0. The number of nitrogens with zero attached hydrogens (tertiary/aromatic N) is 4. The molecule has 0 saturated carbocycles. The number of hydrogen-bond acceptors (Lipinski definition) is 5. The summed E-state index contributed by atoms with van der Waals surface area (Å²) in [4.78, 5) is 18.7. The number of rotatable bonds is 3. The number of fused-ring (bicyclic) bond motifs is 3. The van der Waals surface area contributed by atoms with E-state index < -0.39 is 0 Å². The maximum absolute atomic E-state index is 6.34. The van der Waals surface area contributed by atoms with Gasteiger partial charge in [0.05, 0.1) is 0 Å². The lowest BCUT2D eigenvalue weighted by atomic mass is 10.1. The molecular formula is C26H15ClN4O. The second-order valence-corrected chi connectivity index (χ2v) is 7.72. The van der Waals surface area contributed by atoms with Gasteiger partial charge in [-0.25, -0.2) is 15.0 Å². The van der Waals surface area contributed by atoms with Crippen LogP contribution < -0.4 is 0 Å². The highest BCUT2D eigenvalue weighted by molar-refractivity contribution is 6.35. The summed E-state index contributed by atoms with van der Waals surface area (Å²) in [5, 5.41) is 2.17. The largest absolute Gasteiger partial charge is 0.454 e. The van der Waals surface area contributed by atoms with E-state index in [2.05, 4.69) is 4.98 Å². The third-order valence-electron chi connectivity index (χ3n) is 5.30. The summed E-state index contributed by atoms with van der Waals surface area (Å²) in [6, 6.07) is 25.6. The van der Waals surface area contributed by atoms with Gasteiger partial charge < -0.3 is 4.42 Å². The summed E-state index contributed by atoms with van der Waals surface area (Å²) in [6.07, 6.45) is 3.34. The Morgan fingerprint density at radius 2 is 1.25 bits per heavy atom. The van der Waals surface area contributed by atoms with Crippen molar-refractivity contribution in [3.8, 4) is 34.2 Å². The molecule has 5 nitrogen and oxygen atoms in total. The zero-order valence-corrected chi connectivity index (χ0v) is 17.5. The lowest BCUT2D eigenvalue weighted by Crippen LogP contribution is -2.00.